The summed E-state index contributed by atoms with van der Waals surface area (Å²) in [5.74, 6) is 0.523. The molecule has 0 saturated carbocycles. The second-order valence-electron chi connectivity index (χ2n) is 6.84. The van der Waals surface area contributed by atoms with Crippen molar-refractivity contribution in [1.29, 1.82) is 0 Å². The van der Waals surface area contributed by atoms with Gasteiger partial charge in [-0.15, -0.1) is 11.8 Å². The minimum atomic E-state index is -0.399. The van der Waals surface area contributed by atoms with E-state index in [1.807, 2.05) is 6.07 Å². The fourth-order valence-electron chi connectivity index (χ4n) is 3.34. The molecule has 0 spiro atoms. The predicted molar refractivity (Wildman–Crippen MR) is 102 cm³/mol. The van der Waals surface area contributed by atoms with Gasteiger partial charge in [-0.05, 0) is 43.5 Å². The molecule has 2 unspecified atom stereocenters. The monoisotopic (exact) mass is 381 g/mol. The fraction of sp³-hybridized carbons (Fsp3) is 0.556. The summed E-state index contributed by atoms with van der Waals surface area (Å²) in [4.78, 5) is 27.7. The zero-order valence-corrected chi connectivity index (χ0v) is 16.0. The Kier molecular flexibility index (Phi) is 6.25. The topological polar surface area (TPSA) is 61.4 Å². The van der Waals surface area contributed by atoms with Crippen LogP contribution in [0.2, 0.25) is 5.02 Å². The van der Waals surface area contributed by atoms with Crippen LogP contribution in [0.15, 0.2) is 23.1 Å². The van der Waals surface area contributed by atoms with E-state index < -0.39 is 5.25 Å². The molecule has 0 bridgehead atoms. The van der Waals surface area contributed by atoms with E-state index in [2.05, 4.69) is 22.5 Å². The van der Waals surface area contributed by atoms with E-state index in [1.165, 1.54) is 24.6 Å². The largest absolute Gasteiger partial charge is 0.355 e. The van der Waals surface area contributed by atoms with Gasteiger partial charge in [0.05, 0.1) is 10.9 Å². The number of anilines is 1. The van der Waals surface area contributed by atoms with Crippen molar-refractivity contribution in [3.05, 3.63) is 23.2 Å². The third-order valence-electron chi connectivity index (χ3n) is 4.62. The SMILES string of the molecule is CC1CCCN(CCNC(=O)CC2Sc3ccc(Cl)cc3NC2=O)C1. The summed E-state index contributed by atoms with van der Waals surface area (Å²) in [6.45, 7) is 6.00. The van der Waals surface area contributed by atoms with Gasteiger partial charge in [0.25, 0.3) is 0 Å². The minimum absolute atomic E-state index is 0.0740. The number of benzene rings is 1. The molecule has 0 aromatic heterocycles. The average molecular weight is 382 g/mol. The third-order valence-corrected chi connectivity index (χ3v) is 6.13. The smallest absolute Gasteiger partial charge is 0.238 e. The zero-order valence-electron chi connectivity index (χ0n) is 14.4. The van der Waals surface area contributed by atoms with Gasteiger partial charge in [0, 0.05) is 36.0 Å². The second kappa shape index (κ2) is 8.43. The van der Waals surface area contributed by atoms with Crippen LogP contribution in [0, 0.1) is 5.92 Å². The Morgan fingerprint density at radius 3 is 3.12 bits per heavy atom. The Balaban J connectivity index is 1.45. The Morgan fingerprint density at radius 2 is 2.32 bits per heavy atom. The van der Waals surface area contributed by atoms with Gasteiger partial charge in [-0.25, -0.2) is 0 Å². The molecule has 1 aromatic rings. The molecule has 2 atom stereocenters. The number of hydrogen-bond acceptors (Lipinski definition) is 4. The van der Waals surface area contributed by atoms with Crippen molar-refractivity contribution in [2.24, 2.45) is 5.92 Å². The molecule has 5 nitrogen and oxygen atoms in total. The van der Waals surface area contributed by atoms with Crippen molar-refractivity contribution >= 4 is 40.9 Å². The van der Waals surface area contributed by atoms with E-state index in [9.17, 15) is 9.59 Å². The van der Waals surface area contributed by atoms with E-state index >= 15 is 0 Å². The number of halogens is 1. The highest BCUT2D eigenvalue weighted by Gasteiger charge is 2.29. The van der Waals surface area contributed by atoms with Gasteiger partial charge in [0.2, 0.25) is 11.8 Å². The van der Waals surface area contributed by atoms with Crippen LogP contribution in [-0.2, 0) is 9.59 Å². The number of carbonyl (C=O) groups excluding carboxylic acids is 2. The number of fused-ring (bicyclic) bond motifs is 1. The summed E-state index contributed by atoms with van der Waals surface area (Å²) < 4.78 is 0. The van der Waals surface area contributed by atoms with Gasteiger partial charge in [0.15, 0.2) is 0 Å². The number of nitrogens with one attached hydrogen (secondary N) is 2. The van der Waals surface area contributed by atoms with E-state index in [0.717, 1.165) is 36.1 Å². The van der Waals surface area contributed by atoms with Crippen LogP contribution in [0.4, 0.5) is 5.69 Å². The molecule has 1 saturated heterocycles. The van der Waals surface area contributed by atoms with Crippen molar-refractivity contribution in [3.63, 3.8) is 0 Å². The molecule has 1 aromatic carbocycles. The first-order valence-corrected chi connectivity index (χ1v) is 10.0. The highest BCUT2D eigenvalue weighted by molar-refractivity contribution is 8.01. The Morgan fingerprint density at radius 1 is 1.48 bits per heavy atom. The number of rotatable bonds is 5. The highest BCUT2D eigenvalue weighted by Crippen LogP contribution is 2.38. The molecule has 25 heavy (non-hydrogen) atoms. The predicted octanol–water partition coefficient (Wildman–Crippen LogP) is 2.99. The molecule has 0 radical (unpaired) electrons. The van der Waals surface area contributed by atoms with Crippen molar-refractivity contribution in [2.75, 3.05) is 31.5 Å². The van der Waals surface area contributed by atoms with Gasteiger partial charge in [-0.1, -0.05) is 18.5 Å². The van der Waals surface area contributed by atoms with Crippen LogP contribution in [-0.4, -0.2) is 48.1 Å². The zero-order chi connectivity index (χ0) is 17.8. The van der Waals surface area contributed by atoms with Crippen molar-refractivity contribution in [3.8, 4) is 0 Å². The number of carbonyl (C=O) groups is 2. The van der Waals surface area contributed by atoms with E-state index in [4.69, 9.17) is 11.6 Å². The summed E-state index contributed by atoms with van der Waals surface area (Å²) in [6, 6.07) is 5.41. The Bertz CT molecular complexity index is 655. The van der Waals surface area contributed by atoms with Crippen LogP contribution in [0.1, 0.15) is 26.2 Å². The van der Waals surface area contributed by atoms with Crippen molar-refractivity contribution < 1.29 is 9.59 Å². The van der Waals surface area contributed by atoms with Crippen LogP contribution >= 0.6 is 23.4 Å². The quantitative estimate of drug-likeness (QED) is 0.823. The maximum atomic E-state index is 12.2. The van der Waals surface area contributed by atoms with Crippen LogP contribution in [0.5, 0.6) is 0 Å². The number of amides is 2. The van der Waals surface area contributed by atoms with E-state index in [1.54, 1.807) is 12.1 Å². The molecule has 2 N–H and O–H groups in total. The normalized spacial score (nSPS) is 23.7. The number of piperidine rings is 1. The Labute approximate surface area is 157 Å². The van der Waals surface area contributed by atoms with E-state index in [0.29, 0.717) is 11.6 Å². The maximum absolute atomic E-state index is 12.2. The lowest BCUT2D eigenvalue weighted by Crippen LogP contribution is -2.41. The molecule has 2 aliphatic heterocycles. The summed E-state index contributed by atoms with van der Waals surface area (Å²) in [7, 11) is 0. The molecule has 2 heterocycles. The van der Waals surface area contributed by atoms with Crippen molar-refractivity contribution in [2.45, 2.75) is 36.3 Å². The Hall–Kier alpha value is -1.24. The molecule has 136 valence electrons. The molecule has 2 amide bonds. The lowest BCUT2D eigenvalue weighted by molar-refractivity contribution is -0.124. The van der Waals surface area contributed by atoms with Crippen LogP contribution in [0.3, 0.4) is 0 Å². The minimum Gasteiger partial charge on any atom is -0.355 e. The number of thioether (sulfide) groups is 1. The van der Waals surface area contributed by atoms with E-state index in [-0.39, 0.29) is 18.2 Å². The van der Waals surface area contributed by atoms with Gasteiger partial charge >= 0.3 is 0 Å². The summed E-state index contributed by atoms with van der Waals surface area (Å²) in [6.07, 6.45) is 2.72. The number of hydrogen-bond donors (Lipinski definition) is 2. The summed E-state index contributed by atoms with van der Waals surface area (Å²) in [5.41, 5.74) is 0.721. The summed E-state index contributed by atoms with van der Waals surface area (Å²) in [5, 5.41) is 5.97. The molecule has 7 heteroatoms. The molecule has 1 fully saturated rings. The summed E-state index contributed by atoms with van der Waals surface area (Å²) >= 11 is 7.37. The first-order chi connectivity index (χ1) is 12.0. The molecule has 0 aliphatic carbocycles. The molecular weight excluding hydrogens is 358 g/mol. The van der Waals surface area contributed by atoms with Crippen LogP contribution in [0.25, 0.3) is 0 Å². The molecule has 3 rings (SSSR count). The van der Waals surface area contributed by atoms with Crippen LogP contribution < -0.4 is 10.6 Å². The maximum Gasteiger partial charge on any atom is 0.238 e. The number of nitrogens with zero attached hydrogens (tertiary/aromatic N) is 1. The lowest BCUT2D eigenvalue weighted by Gasteiger charge is -2.30. The highest BCUT2D eigenvalue weighted by atomic mass is 35.5. The molecule has 2 aliphatic rings. The number of likely N-dealkylation sites (tertiary alicyclic amines) is 1. The van der Waals surface area contributed by atoms with Crippen molar-refractivity contribution in [1.82, 2.24) is 10.2 Å². The first-order valence-electron chi connectivity index (χ1n) is 8.77. The van der Waals surface area contributed by atoms with Gasteiger partial charge in [-0.3, -0.25) is 9.59 Å². The molecular formula is C18H24ClN3O2S. The van der Waals surface area contributed by atoms with Gasteiger partial charge in [-0.2, -0.15) is 0 Å². The lowest BCUT2D eigenvalue weighted by atomic mass is 10.0. The average Bonchev–Trinajstić information content (AvgIpc) is 2.56. The van der Waals surface area contributed by atoms with Gasteiger partial charge in [0.1, 0.15) is 0 Å². The van der Waals surface area contributed by atoms with Gasteiger partial charge < -0.3 is 15.5 Å². The second-order valence-corrected chi connectivity index (χ2v) is 8.52. The standard InChI is InChI=1S/C18H24ClN3O2S/c1-12-3-2-7-22(11-12)8-6-20-17(23)10-16-18(24)21-14-9-13(19)4-5-15(14)25-16/h4-5,9,12,16H,2-3,6-8,10-11H2,1H3,(H,20,23)(H,21,24). The third kappa shape index (κ3) is 5.12. The first kappa shape index (κ1) is 18.5. The fourth-order valence-corrected chi connectivity index (χ4v) is 4.60.